The summed E-state index contributed by atoms with van der Waals surface area (Å²) < 4.78 is 4.12. The van der Waals surface area contributed by atoms with Crippen molar-refractivity contribution in [3.63, 3.8) is 0 Å². The number of hydrogen-bond donors (Lipinski definition) is 2. The lowest BCUT2D eigenvalue weighted by Gasteiger charge is -2.35. The van der Waals surface area contributed by atoms with Crippen LogP contribution in [-0.2, 0) is 23.2 Å². The fraction of sp³-hybridized carbons (Fsp3) is 0.552. The molecule has 0 bridgehead atoms. The third-order valence-corrected chi connectivity index (χ3v) is 8.75. The topological polar surface area (TPSA) is 84.2 Å². The molecule has 2 N–H and O–H groups in total. The molecule has 2 amide bonds. The number of aryl methyl sites for hydroxylation is 1. The zero-order chi connectivity index (χ0) is 26.8. The number of carbonyl (C=O) groups excluding carboxylic acids is 2. The van der Waals surface area contributed by atoms with Gasteiger partial charge in [0.2, 0.25) is 11.8 Å². The van der Waals surface area contributed by atoms with Crippen molar-refractivity contribution >= 4 is 34.3 Å². The number of carbonyl (C=O) groups is 2. The Morgan fingerprint density at radius 1 is 1.13 bits per heavy atom. The van der Waals surface area contributed by atoms with Gasteiger partial charge in [-0.1, -0.05) is 30.9 Å². The molecular weight excluding hydrogens is 500 g/mol. The number of aromatic nitrogens is 3. The van der Waals surface area contributed by atoms with Gasteiger partial charge in [-0.3, -0.25) is 14.3 Å². The molecule has 0 unspecified atom stereocenters. The SMILES string of the molecule is CN[C@@H](C)C(=O)N[C@H](C(=O)N1CCC[C@H]1Cn1cc(-c2ccnn2C)c2cc(Cl)ccc21)C1CCCCC1. The Kier molecular flexibility index (Phi) is 8.09. The van der Waals surface area contributed by atoms with E-state index in [-0.39, 0.29) is 29.8 Å². The normalized spacial score (nSPS) is 20.1. The average Bonchev–Trinajstić information content (AvgIpc) is 3.65. The lowest BCUT2D eigenvalue weighted by Crippen LogP contribution is -2.56. The first kappa shape index (κ1) is 26.8. The summed E-state index contributed by atoms with van der Waals surface area (Å²) in [7, 11) is 3.71. The molecule has 1 aliphatic heterocycles. The van der Waals surface area contributed by atoms with Gasteiger partial charge in [-0.2, -0.15) is 5.10 Å². The summed E-state index contributed by atoms with van der Waals surface area (Å²) in [4.78, 5) is 29.0. The summed E-state index contributed by atoms with van der Waals surface area (Å²) in [5.74, 6) is 0.153. The van der Waals surface area contributed by atoms with E-state index < -0.39 is 6.04 Å². The molecule has 2 aliphatic rings. The summed E-state index contributed by atoms with van der Waals surface area (Å²) in [6.45, 7) is 3.25. The minimum Gasteiger partial charge on any atom is -0.345 e. The molecule has 3 atom stereocenters. The predicted molar refractivity (Wildman–Crippen MR) is 151 cm³/mol. The molecule has 3 aromatic rings. The molecule has 204 valence electrons. The van der Waals surface area contributed by atoms with E-state index in [0.717, 1.165) is 67.2 Å². The van der Waals surface area contributed by atoms with Gasteiger partial charge in [-0.25, -0.2) is 0 Å². The van der Waals surface area contributed by atoms with Crippen molar-refractivity contribution in [3.05, 3.63) is 41.7 Å². The Morgan fingerprint density at radius 2 is 1.92 bits per heavy atom. The van der Waals surface area contributed by atoms with Crippen LogP contribution in [0.25, 0.3) is 22.2 Å². The van der Waals surface area contributed by atoms with Crippen molar-refractivity contribution in [2.45, 2.75) is 76.5 Å². The fourth-order valence-electron chi connectivity index (χ4n) is 6.24. The van der Waals surface area contributed by atoms with Gasteiger partial charge in [-0.15, -0.1) is 0 Å². The first-order valence-corrected chi connectivity index (χ1v) is 14.3. The number of nitrogens with one attached hydrogen (secondary N) is 2. The van der Waals surface area contributed by atoms with Crippen LogP contribution in [0.1, 0.15) is 51.9 Å². The summed E-state index contributed by atoms with van der Waals surface area (Å²) >= 11 is 6.40. The van der Waals surface area contributed by atoms with Crippen LogP contribution >= 0.6 is 11.6 Å². The number of benzene rings is 1. The standard InChI is InChI=1S/C29H39ClN6O2/c1-19(31-2)28(37)33-27(20-8-5-4-6-9-20)29(38)36-15-7-10-22(36)17-35-18-24(25-13-14-32-34(25)3)23-16-21(30)11-12-26(23)35/h11-14,16,18-20,22,27,31H,4-10,15,17H2,1-3H3,(H,33,37)/t19-,22-,27-/m0/s1. The van der Waals surface area contributed by atoms with Crippen LogP contribution in [0.2, 0.25) is 5.02 Å². The lowest BCUT2D eigenvalue weighted by molar-refractivity contribution is -0.139. The van der Waals surface area contributed by atoms with Crippen LogP contribution in [0.5, 0.6) is 0 Å². The summed E-state index contributed by atoms with van der Waals surface area (Å²) in [5.41, 5.74) is 3.19. The summed E-state index contributed by atoms with van der Waals surface area (Å²) in [6.07, 6.45) is 11.3. The molecule has 1 saturated carbocycles. The second-order valence-corrected chi connectivity index (χ2v) is 11.4. The first-order valence-electron chi connectivity index (χ1n) is 13.9. The Balaban J connectivity index is 1.42. The van der Waals surface area contributed by atoms with E-state index in [1.165, 1.54) is 6.42 Å². The number of amides is 2. The van der Waals surface area contributed by atoms with E-state index in [2.05, 4.69) is 32.6 Å². The van der Waals surface area contributed by atoms with Crippen molar-refractivity contribution in [1.29, 1.82) is 0 Å². The molecule has 8 nitrogen and oxygen atoms in total. The molecule has 0 spiro atoms. The molecule has 2 aromatic heterocycles. The third kappa shape index (κ3) is 5.34. The Hall–Kier alpha value is -2.84. The highest BCUT2D eigenvalue weighted by atomic mass is 35.5. The molecule has 1 aliphatic carbocycles. The predicted octanol–water partition coefficient (Wildman–Crippen LogP) is 4.36. The van der Waals surface area contributed by atoms with Crippen LogP contribution < -0.4 is 10.6 Å². The Bertz CT molecular complexity index is 1290. The highest BCUT2D eigenvalue weighted by molar-refractivity contribution is 6.31. The number of halogens is 1. The Morgan fingerprint density at radius 3 is 2.63 bits per heavy atom. The van der Waals surface area contributed by atoms with Gasteiger partial charge in [0.15, 0.2) is 0 Å². The van der Waals surface area contributed by atoms with Crippen LogP contribution in [0.3, 0.4) is 0 Å². The smallest absolute Gasteiger partial charge is 0.245 e. The molecular formula is C29H39ClN6O2. The van der Waals surface area contributed by atoms with Crippen LogP contribution in [0, 0.1) is 5.92 Å². The maximum atomic E-state index is 14.1. The van der Waals surface area contributed by atoms with Crippen molar-refractivity contribution in [1.82, 2.24) is 29.9 Å². The van der Waals surface area contributed by atoms with E-state index >= 15 is 0 Å². The first-order chi connectivity index (χ1) is 18.4. The average molecular weight is 539 g/mol. The van der Waals surface area contributed by atoms with Crippen molar-refractivity contribution in [2.24, 2.45) is 13.0 Å². The van der Waals surface area contributed by atoms with Crippen LogP contribution in [0.4, 0.5) is 0 Å². The quantitative estimate of drug-likeness (QED) is 0.446. The number of likely N-dealkylation sites (N-methyl/N-ethyl adjacent to an activating group) is 1. The maximum absolute atomic E-state index is 14.1. The molecule has 3 heterocycles. The zero-order valence-electron chi connectivity index (χ0n) is 22.6. The molecule has 1 saturated heterocycles. The second kappa shape index (κ2) is 11.5. The van der Waals surface area contributed by atoms with Gasteiger partial charge in [0.1, 0.15) is 6.04 Å². The van der Waals surface area contributed by atoms with E-state index in [4.69, 9.17) is 11.6 Å². The maximum Gasteiger partial charge on any atom is 0.245 e. The summed E-state index contributed by atoms with van der Waals surface area (Å²) in [6, 6.07) is 7.25. The van der Waals surface area contributed by atoms with Gasteiger partial charge in [0.05, 0.1) is 11.7 Å². The zero-order valence-corrected chi connectivity index (χ0v) is 23.4. The number of rotatable bonds is 8. The van der Waals surface area contributed by atoms with Crippen LogP contribution in [0.15, 0.2) is 36.7 Å². The number of nitrogens with zero attached hydrogens (tertiary/aromatic N) is 4. The number of fused-ring (bicyclic) bond motifs is 1. The number of hydrogen-bond acceptors (Lipinski definition) is 4. The van der Waals surface area contributed by atoms with Crippen molar-refractivity contribution in [3.8, 4) is 11.3 Å². The van der Waals surface area contributed by atoms with Crippen molar-refractivity contribution < 1.29 is 9.59 Å². The van der Waals surface area contributed by atoms with Gasteiger partial charge in [0, 0.05) is 60.1 Å². The third-order valence-electron chi connectivity index (χ3n) is 8.52. The molecule has 38 heavy (non-hydrogen) atoms. The van der Waals surface area contributed by atoms with Crippen LogP contribution in [-0.4, -0.2) is 62.8 Å². The van der Waals surface area contributed by atoms with E-state index in [1.807, 2.05) is 41.8 Å². The molecule has 9 heteroatoms. The highest BCUT2D eigenvalue weighted by Gasteiger charge is 2.38. The van der Waals surface area contributed by atoms with E-state index in [0.29, 0.717) is 11.6 Å². The number of likely N-dealkylation sites (tertiary alicyclic amines) is 1. The minimum atomic E-state index is -0.468. The van der Waals surface area contributed by atoms with E-state index in [9.17, 15) is 9.59 Å². The fourth-order valence-corrected chi connectivity index (χ4v) is 6.41. The largest absolute Gasteiger partial charge is 0.345 e. The van der Waals surface area contributed by atoms with Gasteiger partial charge >= 0.3 is 0 Å². The molecule has 5 rings (SSSR count). The Labute approximate surface area is 229 Å². The van der Waals surface area contributed by atoms with Gasteiger partial charge < -0.3 is 20.1 Å². The second-order valence-electron chi connectivity index (χ2n) is 10.9. The van der Waals surface area contributed by atoms with Gasteiger partial charge in [-0.05, 0) is 69.8 Å². The van der Waals surface area contributed by atoms with E-state index in [1.54, 1.807) is 13.2 Å². The molecule has 1 aromatic carbocycles. The van der Waals surface area contributed by atoms with Crippen molar-refractivity contribution in [2.75, 3.05) is 13.6 Å². The monoisotopic (exact) mass is 538 g/mol. The minimum absolute atomic E-state index is 0.0675. The molecule has 2 fully saturated rings. The van der Waals surface area contributed by atoms with Gasteiger partial charge in [0.25, 0.3) is 0 Å². The molecule has 0 radical (unpaired) electrons. The highest BCUT2D eigenvalue weighted by Crippen LogP contribution is 2.34. The summed E-state index contributed by atoms with van der Waals surface area (Å²) in [5, 5.41) is 12.3. The lowest BCUT2D eigenvalue weighted by atomic mass is 9.83.